The van der Waals surface area contributed by atoms with E-state index in [0.29, 0.717) is 5.82 Å². The molecule has 0 amide bonds. The van der Waals surface area contributed by atoms with Gasteiger partial charge < -0.3 is 9.47 Å². The number of aliphatic imine (C=N–C) groups is 1. The summed E-state index contributed by atoms with van der Waals surface area (Å²) in [6.45, 7) is 7.28. The van der Waals surface area contributed by atoms with Gasteiger partial charge in [-0.05, 0) is 52.2 Å². The van der Waals surface area contributed by atoms with Gasteiger partial charge in [-0.2, -0.15) is 0 Å². The number of fused-ring (bicyclic) bond motifs is 1. The molecule has 21 heavy (non-hydrogen) atoms. The molecule has 1 aliphatic heterocycles. The fraction of sp³-hybridized carbons (Fsp3) is 0.533. The molecule has 1 aromatic rings. The Bertz CT molecular complexity index is 594. The first-order valence-corrected chi connectivity index (χ1v) is 7.01. The minimum Gasteiger partial charge on any atom is -0.461 e. The number of nitrogens with zero attached hydrogens (tertiary/aromatic N) is 2. The normalized spacial score (nSPS) is 13.7. The van der Waals surface area contributed by atoms with Crippen LogP contribution in [0.2, 0.25) is 0 Å². The minimum atomic E-state index is -0.654. The summed E-state index contributed by atoms with van der Waals surface area (Å²) in [4.78, 5) is 28.7. The highest BCUT2D eigenvalue weighted by molar-refractivity contribution is 5.95. The summed E-state index contributed by atoms with van der Waals surface area (Å²) in [6.07, 6.45) is 2.64. The minimum absolute atomic E-state index is 0.162. The van der Waals surface area contributed by atoms with Gasteiger partial charge in [-0.1, -0.05) is 0 Å². The van der Waals surface area contributed by atoms with E-state index in [0.717, 1.165) is 18.4 Å². The number of hydrogen-bond acceptors (Lipinski definition) is 5. The average molecular weight is 292 g/mol. The molecule has 1 aliphatic rings. The highest BCUT2D eigenvalue weighted by atomic mass is 16.6. The lowest BCUT2D eigenvalue weighted by molar-refractivity contribution is 0.0451. The van der Waals surface area contributed by atoms with E-state index in [9.17, 15) is 9.59 Å². The monoisotopic (exact) mass is 292 g/mol. The first-order valence-electron chi connectivity index (χ1n) is 7.01. The van der Waals surface area contributed by atoms with E-state index in [4.69, 9.17) is 9.47 Å². The number of rotatable bonds is 2. The lowest BCUT2D eigenvalue weighted by Crippen LogP contribution is -2.29. The van der Waals surface area contributed by atoms with E-state index in [1.54, 1.807) is 40.0 Å². The second kappa shape index (κ2) is 5.71. The fourth-order valence-corrected chi connectivity index (χ4v) is 2.10. The Hall–Kier alpha value is -2.11. The maximum Gasteiger partial charge on any atom is 0.420 e. The number of aryl methyl sites for hydroxylation is 1. The summed E-state index contributed by atoms with van der Waals surface area (Å²) < 4.78 is 11.6. The first-order chi connectivity index (χ1) is 9.83. The number of carbonyl (C=O) groups is 2. The van der Waals surface area contributed by atoms with Gasteiger partial charge in [-0.25, -0.2) is 19.1 Å². The van der Waals surface area contributed by atoms with Crippen LogP contribution in [0.1, 0.15) is 50.2 Å². The Labute approximate surface area is 123 Å². The highest BCUT2D eigenvalue weighted by Gasteiger charge is 2.29. The SMILES string of the molecule is CCOC(=O)c1cc2c(n1C(=O)OC(C)(C)C)N=CCC2. The van der Waals surface area contributed by atoms with Crippen LogP contribution in [-0.4, -0.2) is 35.1 Å². The van der Waals surface area contributed by atoms with Crippen LogP contribution in [0.15, 0.2) is 11.1 Å². The van der Waals surface area contributed by atoms with Crippen molar-refractivity contribution < 1.29 is 19.1 Å². The molecule has 0 saturated carbocycles. The van der Waals surface area contributed by atoms with Crippen LogP contribution in [0.4, 0.5) is 10.6 Å². The third-order valence-electron chi connectivity index (χ3n) is 2.87. The molecule has 0 aliphatic carbocycles. The third kappa shape index (κ3) is 3.32. The molecule has 114 valence electrons. The molecule has 2 heterocycles. The highest BCUT2D eigenvalue weighted by Crippen LogP contribution is 2.30. The van der Waals surface area contributed by atoms with Crippen LogP contribution < -0.4 is 0 Å². The number of carbonyl (C=O) groups excluding carboxylic acids is 2. The van der Waals surface area contributed by atoms with E-state index in [1.807, 2.05) is 0 Å². The Morgan fingerprint density at radius 3 is 2.71 bits per heavy atom. The zero-order valence-corrected chi connectivity index (χ0v) is 12.8. The van der Waals surface area contributed by atoms with E-state index in [-0.39, 0.29) is 12.3 Å². The van der Waals surface area contributed by atoms with Gasteiger partial charge in [-0.3, -0.25) is 0 Å². The Kier molecular flexibility index (Phi) is 4.16. The van der Waals surface area contributed by atoms with Crippen LogP contribution in [0.3, 0.4) is 0 Å². The van der Waals surface area contributed by atoms with Crippen molar-refractivity contribution in [2.24, 2.45) is 4.99 Å². The van der Waals surface area contributed by atoms with E-state index >= 15 is 0 Å². The maximum atomic E-state index is 12.4. The second-order valence-corrected chi connectivity index (χ2v) is 5.76. The van der Waals surface area contributed by atoms with Crippen LogP contribution in [-0.2, 0) is 15.9 Å². The standard InChI is InChI=1S/C15H20N2O4/c1-5-20-13(18)11-9-10-7-6-8-16-12(10)17(11)14(19)21-15(2,3)4/h8-9H,5-7H2,1-4H3. The van der Waals surface area contributed by atoms with Crippen molar-refractivity contribution in [3.05, 3.63) is 17.3 Å². The molecule has 0 saturated heterocycles. The fourth-order valence-electron chi connectivity index (χ4n) is 2.10. The molecule has 0 spiro atoms. The van der Waals surface area contributed by atoms with Crippen LogP contribution in [0.25, 0.3) is 0 Å². The number of esters is 1. The molecular weight excluding hydrogens is 272 g/mol. The topological polar surface area (TPSA) is 69.9 Å². The van der Waals surface area contributed by atoms with Gasteiger partial charge in [0.25, 0.3) is 0 Å². The molecule has 0 aromatic carbocycles. The molecule has 0 unspecified atom stereocenters. The number of ether oxygens (including phenoxy) is 2. The summed E-state index contributed by atoms with van der Waals surface area (Å²) in [7, 11) is 0. The van der Waals surface area contributed by atoms with Crippen molar-refractivity contribution in [3.8, 4) is 0 Å². The summed E-state index contributed by atoms with van der Waals surface area (Å²) in [6, 6.07) is 1.66. The molecule has 0 radical (unpaired) electrons. The molecule has 0 N–H and O–H groups in total. The van der Waals surface area contributed by atoms with Crippen molar-refractivity contribution in [1.82, 2.24) is 4.57 Å². The van der Waals surface area contributed by atoms with Gasteiger partial charge in [0.15, 0.2) is 0 Å². The summed E-state index contributed by atoms with van der Waals surface area (Å²) in [5.74, 6) is -0.0912. The van der Waals surface area contributed by atoms with Crippen LogP contribution in [0.5, 0.6) is 0 Å². The largest absolute Gasteiger partial charge is 0.461 e. The second-order valence-electron chi connectivity index (χ2n) is 5.76. The predicted molar refractivity (Wildman–Crippen MR) is 78.5 cm³/mol. The van der Waals surface area contributed by atoms with Crippen molar-refractivity contribution in [2.45, 2.75) is 46.1 Å². The van der Waals surface area contributed by atoms with Crippen LogP contribution >= 0.6 is 0 Å². The van der Waals surface area contributed by atoms with Gasteiger partial charge in [0.1, 0.15) is 17.1 Å². The third-order valence-corrected chi connectivity index (χ3v) is 2.87. The molecular formula is C15H20N2O4. The zero-order chi connectivity index (χ0) is 15.6. The van der Waals surface area contributed by atoms with Crippen molar-refractivity contribution in [2.75, 3.05) is 6.61 Å². The van der Waals surface area contributed by atoms with Crippen molar-refractivity contribution >= 4 is 24.1 Å². The molecule has 0 atom stereocenters. The molecule has 0 fully saturated rings. The first kappa shape index (κ1) is 15.3. The lowest BCUT2D eigenvalue weighted by Gasteiger charge is -2.21. The number of hydrogen-bond donors (Lipinski definition) is 0. The quantitative estimate of drug-likeness (QED) is 0.785. The maximum absolute atomic E-state index is 12.4. The molecule has 1 aromatic heterocycles. The van der Waals surface area contributed by atoms with Gasteiger partial charge >= 0.3 is 12.1 Å². The number of aromatic nitrogens is 1. The Morgan fingerprint density at radius 1 is 1.38 bits per heavy atom. The van der Waals surface area contributed by atoms with Gasteiger partial charge in [0.05, 0.1) is 6.61 Å². The Balaban J connectivity index is 2.46. The van der Waals surface area contributed by atoms with Crippen LogP contribution in [0, 0.1) is 0 Å². The average Bonchev–Trinajstić information content (AvgIpc) is 2.76. The van der Waals surface area contributed by atoms with E-state index in [2.05, 4.69) is 4.99 Å². The smallest absolute Gasteiger partial charge is 0.420 e. The van der Waals surface area contributed by atoms with Gasteiger partial charge in [0, 0.05) is 6.21 Å². The zero-order valence-electron chi connectivity index (χ0n) is 12.8. The van der Waals surface area contributed by atoms with Gasteiger partial charge in [-0.15, -0.1) is 0 Å². The predicted octanol–water partition coefficient (Wildman–Crippen LogP) is 3.10. The van der Waals surface area contributed by atoms with Crippen molar-refractivity contribution in [1.29, 1.82) is 0 Å². The van der Waals surface area contributed by atoms with E-state index in [1.165, 1.54) is 4.57 Å². The molecule has 6 heteroatoms. The van der Waals surface area contributed by atoms with Crippen molar-refractivity contribution in [3.63, 3.8) is 0 Å². The molecule has 0 bridgehead atoms. The summed E-state index contributed by atoms with van der Waals surface area (Å²) >= 11 is 0. The van der Waals surface area contributed by atoms with E-state index < -0.39 is 17.7 Å². The Morgan fingerprint density at radius 2 is 2.10 bits per heavy atom. The summed E-state index contributed by atoms with van der Waals surface area (Å²) in [5, 5.41) is 0. The summed E-state index contributed by atoms with van der Waals surface area (Å²) in [5.41, 5.74) is 0.361. The molecule has 6 nitrogen and oxygen atoms in total. The van der Waals surface area contributed by atoms with Gasteiger partial charge in [0.2, 0.25) is 0 Å². The molecule has 2 rings (SSSR count). The lowest BCUT2D eigenvalue weighted by atomic mass is 10.1.